The second-order valence-corrected chi connectivity index (χ2v) is 4.86. The minimum Gasteiger partial charge on any atom is -0.379 e. The molecule has 0 bridgehead atoms. The van der Waals surface area contributed by atoms with Gasteiger partial charge in [0.1, 0.15) is 11.9 Å². The van der Waals surface area contributed by atoms with Gasteiger partial charge in [-0.05, 0) is 20.3 Å². The van der Waals surface area contributed by atoms with Gasteiger partial charge in [0.05, 0.1) is 25.5 Å². The fraction of sp³-hybridized carbons (Fsp3) is 0.571. The summed E-state index contributed by atoms with van der Waals surface area (Å²) in [5, 5.41) is 3.37. The van der Waals surface area contributed by atoms with Gasteiger partial charge in [-0.15, -0.1) is 0 Å². The molecule has 0 aliphatic carbocycles. The first-order valence-corrected chi connectivity index (χ1v) is 6.61. The maximum atomic E-state index is 5.87. The summed E-state index contributed by atoms with van der Waals surface area (Å²) in [5.74, 6) is 0.783. The van der Waals surface area contributed by atoms with E-state index in [-0.39, 0.29) is 12.1 Å². The minimum atomic E-state index is 0.0476. The second kappa shape index (κ2) is 7.21. The van der Waals surface area contributed by atoms with Gasteiger partial charge in [0, 0.05) is 19.0 Å². The Morgan fingerprint density at radius 2 is 2.42 bits per heavy atom. The highest BCUT2D eigenvalue weighted by molar-refractivity contribution is 5.32. The van der Waals surface area contributed by atoms with E-state index < -0.39 is 0 Å². The van der Waals surface area contributed by atoms with Crippen LogP contribution in [0.25, 0.3) is 0 Å². The van der Waals surface area contributed by atoms with Crippen molar-refractivity contribution < 1.29 is 9.47 Å². The van der Waals surface area contributed by atoms with Crippen LogP contribution in [-0.2, 0) is 9.47 Å². The van der Waals surface area contributed by atoms with Gasteiger partial charge in [0.25, 0.3) is 0 Å². The van der Waals surface area contributed by atoms with Crippen LogP contribution in [0.15, 0.2) is 30.2 Å². The summed E-state index contributed by atoms with van der Waals surface area (Å²) >= 11 is 0. The van der Waals surface area contributed by atoms with E-state index in [4.69, 9.17) is 9.47 Å². The number of ether oxygens (including phenoxy) is 2. The molecule has 104 valence electrons. The topological polar surface area (TPSA) is 56.3 Å². The van der Waals surface area contributed by atoms with E-state index in [1.165, 1.54) is 5.57 Å². The molecule has 0 aromatic carbocycles. The number of anilines is 1. The summed E-state index contributed by atoms with van der Waals surface area (Å²) in [6, 6.07) is 0.219. The van der Waals surface area contributed by atoms with Gasteiger partial charge in [0.2, 0.25) is 0 Å². The Kier molecular flexibility index (Phi) is 5.30. The van der Waals surface area contributed by atoms with Crippen LogP contribution in [0.1, 0.15) is 20.3 Å². The molecule has 5 heteroatoms. The molecule has 0 saturated carbocycles. The minimum absolute atomic E-state index is 0.0476. The third-order valence-corrected chi connectivity index (χ3v) is 3.00. The first kappa shape index (κ1) is 14.0. The monoisotopic (exact) mass is 263 g/mol. The van der Waals surface area contributed by atoms with Gasteiger partial charge < -0.3 is 14.8 Å². The van der Waals surface area contributed by atoms with Crippen molar-refractivity contribution in [1.29, 1.82) is 0 Å². The zero-order chi connectivity index (χ0) is 13.5. The van der Waals surface area contributed by atoms with Gasteiger partial charge in [-0.2, -0.15) is 0 Å². The molecule has 1 aliphatic rings. The molecule has 1 aliphatic heterocycles. The molecule has 2 rings (SSSR count). The number of allylic oxidation sites excluding steroid dienone is 1. The lowest BCUT2D eigenvalue weighted by Crippen LogP contribution is -2.44. The van der Waals surface area contributed by atoms with E-state index in [0.717, 1.165) is 18.8 Å². The molecule has 1 aromatic heterocycles. The Labute approximate surface area is 114 Å². The first-order chi connectivity index (χ1) is 9.25. The van der Waals surface area contributed by atoms with Crippen molar-refractivity contribution in [1.82, 2.24) is 9.97 Å². The standard InChI is InChI=1S/C14H21N3O2/c1-11(2)3-8-19-13-10-18-7-4-12(13)17-14-9-15-5-6-16-14/h3,5-6,9,12-13H,4,7-8,10H2,1-2H3,(H,16,17)/t12-,13-/m1/s1. The van der Waals surface area contributed by atoms with Crippen molar-refractivity contribution in [2.75, 3.05) is 25.1 Å². The summed E-state index contributed by atoms with van der Waals surface area (Å²) in [6.07, 6.45) is 8.11. The molecule has 2 atom stereocenters. The number of nitrogens with zero attached hydrogens (tertiary/aromatic N) is 2. The zero-order valence-electron chi connectivity index (χ0n) is 11.5. The van der Waals surface area contributed by atoms with Crippen LogP contribution < -0.4 is 5.32 Å². The molecular weight excluding hydrogens is 242 g/mol. The lowest BCUT2D eigenvalue weighted by Gasteiger charge is -2.32. The first-order valence-electron chi connectivity index (χ1n) is 6.61. The highest BCUT2D eigenvalue weighted by Gasteiger charge is 2.26. The highest BCUT2D eigenvalue weighted by atomic mass is 16.5. The summed E-state index contributed by atoms with van der Waals surface area (Å²) in [4.78, 5) is 8.29. The largest absolute Gasteiger partial charge is 0.379 e. The van der Waals surface area contributed by atoms with Crippen LogP contribution in [0.2, 0.25) is 0 Å². The van der Waals surface area contributed by atoms with E-state index in [9.17, 15) is 0 Å². The molecule has 5 nitrogen and oxygen atoms in total. The fourth-order valence-electron chi connectivity index (χ4n) is 1.94. The molecule has 1 aromatic rings. The maximum absolute atomic E-state index is 5.87. The SMILES string of the molecule is CC(C)=CCO[C@@H]1COCC[C@H]1Nc1cnccn1. The van der Waals surface area contributed by atoms with Crippen LogP contribution in [0.4, 0.5) is 5.82 Å². The van der Waals surface area contributed by atoms with E-state index in [1.54, 1.807) is 18.6 Å². The van der Waals surface area contributed by atoms with Crippen molar-refractivity contribution >= 4 is 5.82 Å². The normalized spacial score (nSPS) is 22.8. The number of hydrogen-bond acceptors (Lipinski definition) is 5. The summed E-state index contributed by atoms with van der Waals surface area (Å²) < 4.78 is 11.4. The quantitative estimate of drug-likeness (QED) is 0.824. The lowest BCUT2D eigenvalue weighted by molar-refractivity contribution is -0.0483. The third-order valence-electron chi connectivity index (χ3n) is 3.00. The summed E-state index contributed by atoms with van der Waals surface area (Å²) in [6.45, 7) is 6.12. The van der Waals surface area contributed by atoms with Crippen molar-refractivity contribution in [2.45, 2.75) is 32.4 Å². The average Bonchev–Trinajstić information content (AvgIpc) is 2.41. The number of rotatable bonds is 5. The zero-order valence-corrected chi connectivity index (χ0v) is 11.5. The van der Waals surface area contributed by atoms with E-state index in [0.29, 0.717) is 13.2 Å². The van der Waals surface area contributed by atoms with E-state index in [1.807, 2.05) is 0 Å². The average molecular weight is 263 g/mol. The van der Waals surface area contributed by atoms with Gasteiger partial charge in [0.15, 0.2) is 0 Å². The molecule has 2 heterocycles. The Morgan fingerprint density at radius 3 is 3.16 bits per heavy atom. The molecule has 1 fully saturated rings. The van der Waals surface area contributed by atoms with Gasteiger partial charge in [-0.25, -0.2) is 4.98 Å². The molecule has 0 amide bonds. The molecule has 0 unspecified atom stereocenters. The van der Waals surface area contributed by atoms with Gasteiger partial charge in [-0.1, -0.05) is 11.6 Å². The maximum Gasteiger partial charge on any atom is 0.144 e. The Bertz CT molecular complexity index is 404. The van der Waals surface area contributed by atoms with E-state index >= 15 is 0 Å². The predicted molar refractivity (Wildman–Crippen MR) is 74.0 cm³/mol. The van der Waals surface area contributed by atoms with E-state index in [2.05, 4.69) is 35.2 Å². The highest BCUT2D eigenvalue weighted by Crippen LogP contribution is 2.16. The van der Waals surface area contributed by atoms with Crippen molar-refractivity contribution in [3.8, 4) is 0 Å². The van der Waals surface area contributed by atoms with Gasteiger partial charge in [-0.3, -0.25) is 4.98 Å². The molecule has 0 spiro atoms. The van der Waals surface area contributed by atoms with Crippen LogP contribution >= 0.6 is 0 Å². The number of nitrogens with one attached hydrogen (secondary N) is 1. The van der Waals surface area contributed by atoms with Crippen molar-refractivity contribution in [3.63, 3.8) is 0 Å². The lowest BCUT2D eigenvalue weighted by atomic mass is 10.1. The van der Waals surface area contributed by atoms with Crippen LogP contribution in [0, 0.1) is 0 Å². The molecule has 19 heavy (non-hydrogen) atoms. The van der Waals surface area contributed by atoms with Crippen LogP contribution in [0.3, 0.4) is 0 Å². The molecule has 0 radical (unpaired) electrons. The Morgan fingerprint density at radius 1 is 1.53 bits per heavy atom. The van der Waals surface area contributed by atoms with Crippen molar-refractivity contribution in [3.05, 3.63) is 30.2 Å². The van der Waals surface area contributed by atoms with Crippen molar-refractivity contribution in [2.24, 2.45) is 0 Å². The summed E-state index contributed by atoms with van der Waals surface area (Å²) in [7, 11) is 0. The Hall–Kier alpha value is -1.46. The number of aromatic nitrogens is 2. The number of hydrogen-bond donors (Lipinski definition) is 1. The summed E-state index contributed by atoms with van der Waals surface area (Å²) in [5.41, 5.74) is 1.26. The smallest absolute Gasteiger partial charge is 0.144 e. The molecular formula is C14H21N3O2. The molecule has 1 saturated heterocycles. The second-order valence-electron chi connectivity index (χ2n) is 4.86. The molecule has 1 N–H and O–H groups in total. The third kappa shape index (κ3) is 4.61. The fourth-order valence-corrected chi connectivity index (χ4v) is 1.94. The van der Waals surface area contributed by atoms with Crippen LogP contribution in [0.5, 0.6) is 0 Å². The Balaban J connectivity index is 1.90. The van der Waals surface area contributed by atoms with Gasteiger partial charge >= 0.3 is 0 Å². The predicted octanol–water partition coefficient (Wildman–Crippen LogP) is 2.03. The van der Waals surface area contributed by atoms with Crippen LogP contribution in [-0.4, -0.2) is 41.9 Å².